The van der Waals surface area contributed by atoms with Gasteiger partial charge in [0.1, 0.15) is 0 Å². The van der Waals surface area contributed by atoms with E-state index in [2.05, 4.69) is 9.88 Å². The predicted octanol–water partition coefficient (Wildman–Crippen LogP) is 3.91. The largest absolute Gasteiger partial charge is 0.493 e. The summed E-state index contributed by atoms with van der Waals surface area (Å²) in [4.78, 5) is 26.8. The second-order valence-corrected chi connectivity index (χ2v) is 8.22. The molecule has 182 valence electrons. The number of aliphatic carboxylic acids is 1. The molecule has 4 rings (SSSR count). The predicted molar refractivity (Wildman–Crippen MR) is 117 cm³/mol. The average Bonchev–Trinajstić information content (AvgIpc) is 3.30. The summed E-state index contributed by atoms with van der Waals surface area (Å²) in [5.74, 6) is -1.29. The Bertz CT molecular complexity index is 1030. The number of hydrogen-bond donors (Lipinski definition) is 2. The van der Waals surface area contributed by atoms with Crippen molar-refractivity contribution in [3.63, 3.8) is 0 Å². The lowest BCUT2D eigenvalue weighted by molar-refractivity contribution is -0.192. The fourth-order valence-electron chi connectivity index (χ4n) is 4.31. The molecule has 1 saturated heterocycles. The Labute approximate surface area is 189 Å². The Morgan fingerprint density at radius 3 is 2.33 bits per heavy atom. The number of carboxylic acid groups (broad SMARTS) is 1. The Morgan fingerprint density at radius 2 is 1.73 bits per heavy atom. The van der Waals surface area contributed by atoms with Gasteiger partial charge in [-0.3, -0.25) is 4.79 Å². The molecule has 1 aliphatic carbocycles. The first-order valence-corrected chi connectivity index (χ1v) is 11.1. The summed E-state index contributed by atoms with van der Waals surface area (Å²) in [6, 6.07) is 3.96. The number of nitrogens with one attached hydrogen (secondary N) is 1. The average molecular weight is 470 g/mol. The third-order valence-corrected chi connectivity index (χ3v) is 5.94. The Hall–Kier alpha value is -2.75. The molecule has 1 aromatic heterocycles. The number of halogens is 3. The van der Waals surface area contributed by atoms with Crippen molar-refractivity contribution in [3.05, 3.63) is 33.6 Å². The van der Waals surface area contributed by atoms with Gasteiger partial charge in [0.2, 0.25) is 0 Å². The highest BCUT2D eigenvalue weighted by molar-refractivity contribution is 5.86. The van der Waals surface area contributed by atoms with Gasteiger partial charge < -0.3 is 24.5 Å². The number of ether oxygens (including phenoxy) is 2. The SMILES string of the molecule is COc1cc2c3c(c(=O)[nH]c2cc1OCCCN1CCCC1)CCCC3.O=C(O)C(F)(F)F. The minimum Gasteiger partial charge on any atom is -0.493 e. The van der Waals surface area contributed by atoms with Crippen LogP contribution in [0.3, 0.4) is 0 Å². The van der Waals surface area contributed by atoms with Crippen molar-refractivity contribution in [1.82, 2.24) is 9.88 Å². The zero-order chi connectivity index (χ0) is 24.0. The van der Waals surface area contributed by atoms with Crippen molar-refractivity contribution in [1.29, 1.82) is 0 Å². The number of rotatable bonds is 6. The second kappa shape index (κ2) is 10.9. The van der Waals surface area contributed by atoms with Crippen LogP contribution in [0.4, 0.5) is 13.2 Å². The monoisotopic (exact) mass is 470 g/mol. The van der Waals surface area contributed by atoms with Crippen molar-refractivity contribution in [2.24, 2.45) is 0 Å². The van der Waals surface area contributed by atoms with E-state index in [4.69, 9.17) is 19.4 Å². The van der Waals surface area contributed by atoms with Gasteiger partial charge in [-0.05, 0) is 69.7 Å². The molecule has 1 aromatic carbocycles. The molecule has 0 atom stereocenters. The maximum absolute atomic E-state index is 12.4. The van der Waals surface area contributed by atoms with Crippen molar-refractivity contribution >= 4 is 16.9 Å². The van der Waals surface area contributed by atoms with E-state index in [1.54, 1.807) is 7.11 Å². The van der Waals surface area contributed by atoms with Gasteiger partial charge in [-0.15, -0.1) is 0 Å². The normalized spacial score (nSPS) is 16.1. The van der Waals surface area contributed by atoms with Gasteiger partial charge in [-0.2, -0.15) is 13.2 Å². The minimum absolute atomic E-state index is 0.0531. The van der Waals surface area contributed by atoms with E-state index in [-0.39, 0.29) is 5.56 Å². The van der Waals surface area contributed by atoms with E-state index < -0.39 is 12.1 Å². The van der Waals surface area contributed by atoms with Crippen molar-refractivity contribution in [3.8, 4) is 11.5 Å². The van der Waals surface area contributed by atoms with Gasteiger partial charge in [-0.1, -0.05) is 0 Å². The molecule has 0 amide bonds. The maximum Gasteiger partial charge on any atom is 0.490 e. The number of carbonyl (C=O) groups is 1. The summed E-state index contributed by atoms with van der Waals surface area (Å²) in [6.45, 7) is 4.17. The first-order valence-electron chi connectivity index (χ1n) is 11.1. The maximum atomic E-state index is 12.4. The van der Waals surface area contributed by atoms with E-state index in [1.807, 2.05) is 12.1 Å². The fraction of sp³-hybridized carbons (Fsp3) is 0.565. The number of H-pyrrole nitrogens is 1. The zero-order valence-electron chi connectivity index (χ0n) is 18.6. The van der Waals surface area contributed by atoms with E-state index in [0.717, 1.165) is 60.9 Å². The second-order valence-electron chi connectivity index (χ2n) is 8.22. The standard InChI is InChI=1S/C21H28N2O3.C2HF3O2/c1-25-19-13-17-15-7-2-3-8-16(15)21(24)22-18(17)14-20(19)26-12-6-11-23-9-4-5-10-23;3-2(4,5)1(6)7/h13-14H,2-12H2,1H3,(H,22,24);(H,6,7). The number of benzene rings is 1. The molecule has 10 heteroatoms. The number of methoxy groups -OCH3 is 1. The van der Waals surface area contributed by atoms with Crippen LogP contribution in [0.5, 0.6) is 11.5 Å². The fourth-order valence-corrected chi connectivity index (χ4v) is 4.31. The molecule has 7 nitrogen and oxygen atoms in total. The Morgan fingerprint density at radius 1 is 1.09 bits per heavy atom. The molecular weight excluding hydrogens is 441 g/mol. The highest BCUT2D eigenvalue weighted by Gasteiger charge is 2.38. The number of hydrogen-bond acceptors (Lipinski definition) is 5. The highest BCUT2D eigenvalue weighted by atomic mass is 19.4. The van der Waals surface area contributed by atoms with Gasteiger partial charge in [-0.25, -0.2) is 4.79 Å². The third-order valence-electron chi connectivity index (χ3n) is 5.94. The van der Waals surface area contributed by atoms with Gasteiger partial charge >= 0.3 is 12.1 Å². The topological polar surface area (TPSA) is 91.9 Å². The number of aromatic amines is 1. The molecule has 1 fully saturated rings. The number of carboxylic acids is 1. The number of likely N-dealkylation sites (tertiary alicyclic amines) is 1. The van der Waals surface area contributed by atoms with E-state index in [0.29, 0.717) is 12.4 Å². The minimum atomic E-state index is -5.08. The smallest absolute Gasteiger partial charge is 0.490 e. The van der Waals surface area contributed by atoms with Crippen LogP contribution < -0.4 is 15.0 Å². The van der Waals surface area contributed by atoms with Gasteiger partial charge in [0.15, 0.2) is 11.5 Å². The summed E-state index contributed by atoms with van der Waals surface area (Å²) < 4.78 is 43.3. The molecule has 33 heavy (non-hydrogen) atoms. The Balaban J connectivity index is 0.000000383. The van der Waals surface area contributed by atoms with Crippen LogP contribution in [0.1, 0.15) is 43.2 Å². The number of fused-ring (bicyclic) bond motifs is 3. The third kappa shape index (κ3) is 6.40. The van der Waals surface area contributed by atoms with E-state index >= 15 is 0 Å². The number of alkyl halides is 3. The molecule has 2 aliphatic rings. The summed E-state index contributed by atoms with van der Waals surface area (Å²) >= 11 is 0. The van der Waals surface area contributed by atoms with Crippen LogP contribution in [-0.2, 0) is 17.6 Å². The lowest BCUT2D eigenvalue weighted by Gasteiger charge is -2.19. The molecule has 0 saturated carbocycles. The van der Waals surface area contributed by atoms with Crippen LogP contribution in [0.2, 0.25) is 0 Å². The molecule has 2 heterocycles. The summed E-state index contributed by atoms with van der Waals surface area (Å²) in [5.41, 5.74) is 3.04. The first kappa shape index (κ1) is 24.9. The quantitative estimate of drug-likeness (QED) is 0.622. The lowest BCUT2D eigenvalue weighted by Crippen LogP contribution is -2.22. The van der Waals surface area contributed by atoms with E-state index in [1.165, 1.54) is 31.5 Å². The van der Waals surface area contributed by atoms with Gasteiger partial charge in [0.25, 0.3) is 5.56 Å². The molecule has 0 radical (unpaired) electrons. The first-order chi connectivity index (χ1) is 15.7. The summed E-state index contributed by atoms with van der Waals surface area (Å²) in [5, 5.41) is 8.22. The van der Waals surface area contributed by atoms with Gasteiger partial charge in [0, 0.05) is 23.6 Å². The highest BCUT2D eigenvalue weighted by Crippen LogP contribution is 2.35. The van der Waals surface area contributed by atoms with Crippen LogP contribution in [0.25, 0.3) is 10.9 Å². The summed E-state index contributed by atoms with van der Waals surface area (Å²) in [7, 11) is 1.68. The molecule has 2 aromatic rings. The number of aryl methyl sites for hydroxylation is 1. The Kier molecular flexibility index (Phi) is 8.23. The summed E-state index contributed by atoms with van der Waals surface area (Å²) in [6.07, 6.45) is 2.63. The van der Waals surface area contributed by atoms with Crippen molar-refractivity contribution in [2.45, 2.75) is 51.1 Å². The van der Waals surface area contributed by atoms with Crippen LogP contribution in [-0.4, -0.2) is 60.5 Å². The molecule has 2 N–H and O–H groups in total. The molecular formula is C23H29F3N2O5. The molecule has 0 spiro atoms. The van der Waals surface area contributed by atoms with Crippen LogP contribution >= 0.6 is 0 Å². The molecule has 0 unspecified atom stereocenters. The lowest BCUT2D eigenvalue weighted by atomic mass is 9.90. The van der Waals surface area contributed by atoms with E-state index in [9.17, 15) is 18.0 Å². The van der Waals surface area contributed by atoms with Gasteiger partial charge in [0.05, 0.1) is 19.2 Å². The number of pyridine rings is 1. The number of aromatic nitrogens is 1. The van der Waals surface area contributed by atoms with Crippen LogP contribution in [0.15, 0.2) is 16.9 Å². The molecule has 0 bridgehead atoms. The zero-order valence-corrected chi connectivity index (χ0v) is 18.6. The van der Waals surface area contributed by atoms with Crippen molar-refractivity contribution in [2.75, 3.05) is 33.4 Å². The number of nitrogens with zero attached hydrogens (tertiary/aromatic N) is 1. The van der Waals surface area contributed by atoms with Crippen molar-refractivity contribution < 1.29 is 32.5 Å². The van der Waals surface area contributed by atoms with Crippen LogP contribution in [0, 0.1) is 0 Å². The molecule has 1 aliphatic heterocycles.